The third-order valence-corrected chi connectivity index (χ3v) is 1.22. The summed E-state index contributed by atoms with van der Waals surface area (Å²) < 4.78 is 9.56. The van der Waals surface area contributed by atoms with Gasteiger partial charge in [-0.05, 0) is 0 Å². The van der Waals surface area contributed by atoms with E-state index in [9.17, 15) is 4.79 Å². The van der Waals surface area contributed by atoms with E-state index in [1.165, 1.54) is 0 Å². The number of carbonyl (C=O) groups excluding carboxylic acids is 1. The van der Waals surface area contributed by atoms with E-state index >= 15 is 0 Å². The van der Waals surface area contributed by atoms with Gasteiger partial charge in [-0.25, -0.2) is 0 Å². The van der Waals surface area contributed by atoms with E-state index in [4.69, 9.17) is 14.6 Å². The van der Waals surface area contributed by atoms with Crippen LogP contribution in [0.5, 0.6) is 0 Å². The highest BCUT2D eigenvalue weighted by atomic mass is 16.7. The number of carbonyl (C=O) groups is 1. The number of hydrogen-bond acceptors (Lipinski definition) is 4. The third-order valence-electron chi connectivity index (χ3n) is 1.22. The molecule has 0 spiro atoms. The Balaban J connectivity index is 2.41. The average molecular weight is 132 g/mol. The van der Waals surface area contributed by atoms with Crippen LogP contribution in [-0.4, -0.2) is 37.0 Å². The van der Waals surface area contributed by atoms with Crippen LogP contribution < -0.4 is 0 Å². The molecule has 0 aromatic heterocycles. The van der Waals surface area contributed by atoms with Gasteiger partial charge in [0.1, 0.15) is 19.0 Å². The molecular weight excluding hydrogens is 124 g/mol. The van der Waals surface area contributed by atoms with Crippen molar-refractivity contribution >= 4 is 6.29 Å². The SMILES string of the molecule is O=CC1OCOC1CO. The van der Waals surface area contributed by atoms with Gasteiger partial charge in [-0.15, -0.1) is 0 Å². The van der Waals surface area contributed by atoms with E-state index in [1.807, 2.05) is 0 Å². The summed E-state index contributed by atoms with van der Waals surface area (Å²) in [7, 11) is 0. The lowest BCUT2D eigenvalue weighted by molar-refractivity contribution is -0.116. The van der Waals surface area contributed by atoms with Crippen LogP contribution >= 0.6 is 0 Å². The second kappa shape index (κ2) is 2.91. The van der Waals surface area contributed by atoms with Gasteiger partial charge in [-0.2, -0.15) is 0 Å². The lowest BCUT2D eigenvalue weighted by atomic mass is 10.2. The molecule has 1 N–H and O–H groups in total. The topological polar surface area (TPSA) is 55.8 Å². The molecule has 1 aliphatic rings. The molecule has 1 aliphatic heterocycles. The molecule has 1 heterocycles. The molecule has 2 unspecified atom stereocenters. The van der Waals surface area contributed by atoms with Crippen molar-refractivity contribution in [2.75, 3.05) is 13.4 Å². The molecule has 0 radical (unpaired) electrons. The first-order valence-electron chi connectivity index (χ1n) is 2.68. The molecule has 9 heavy (non-hydrogen) atoms. The van der Waals surface area contributed by atoms with E-state index in [1.54, 1.807) is 0 Å². The lowest BCUT2D eigenvalue weighted by Gasteiger charge is -2.05. The summed E-state index contributed by atoms with van der Waals surface area (Å²) in [6.45, 7) is -0.0575. The fourth-order valence-corrected chi connectivity index (χ4v) is 0.691. The summed E-state index contributed by atoms with van der Waals surface area (Å²) in [5.41, 5.74) is 0. The Labute approximate surface area is 52.4 Å². The normalized spacial score (nSPS) is 34.8. The van der Waals surface area contributed by atoms with Crippen molar-refractivity contribution in [2.45, 2.75) is 12.2 Å². The standard InChI is InChI=1S/C5H8O4/c6-1-4-5(2-7)9-3-8-4/h1,4-5,7H,2-3H2. The second-order valence-corrected chi connectivity index (χ2v) is 1.77. The average Bonchev–Trinajstić information content (AvgIpc) is 2.33. The number of aliphatic hydroxyl groups is 1. The van der Waals surface area contributed by atoms with E-state index in [0.29, 0.717) is 6.29 Å². The Bertz CT molecular complexity index is 103. The molecule has 2 atom stereocenters. The first-order chi connectivity index (χ1) is 4.38. The minimum Gasteiger partial charge on any atom is -0.394 e. The zero-order valence-corrected chi connectivity index (χ0v) is 4.82. The molecule has 0 saturated carbocycles. The minimum absolute atomic E-state index is 0.106. The highest BCUT2D eigenvalue weighted by Crippen LogP contribution is 2.09. The summed E-state index contributed by atoms with van der Waals surface area (Å²) >= 11 is 0. The van der Waals surface area contributed by atoms with Crippen LogP contribution in [0.1, 0.15) is 0 Å². The van der Waals surface area contributed by atoms with Crippen LogP contribution in [-0.2, 0) is 14.3 Å². The first-order valence-corrected chi connectivity index (χ1v) is 2.68. The first kappa shape index (κ1) is 6.67. The van der Waals surface area contributed by atoms with Gasteiger partial charge >= 0.3 is 0 Å². The summed E-state index contributed by atoms with van der Waals surface area (Å²) in [6, 6.07) is 0. The zero-order valence-electron chi connectivity index (χ0n) is 4.82. The van der Waals surface area contributed by atoms with Gasteiger partial charge < -0.3 is 19.4 Å². The monoisotopic (exact) mass is 132 g/mol. The van der Waals surface area contributed by atoms with Gasteiger partial charge in [0.15, 0.2) is 6.29 Å². The van der Waals surface area contributed by atoms with Gasteiger partial charge in [-0.3, -0.25) is 0 Å². The Morgan fingerprint density at radius 2 is 2.44 bits per heavy atom. The summed E-state index contributed by atoms with van der Waals surface area (Å²) in [5, 5.41) is 8.50. The van der Waals surface area contributed by atoms with Crippen LogP contribution in [0.25, 0.3) is 0 Å². The molecule has 1 saturated heterocycles. The minimum atomic E-state index is -0.574. The highest BCUT2D eigenvalue weighted by molar-refractivity contribution is 5.57. The van der Waals surface area contributed by atoms with E-state index in [-0.39, 0.29) is 13.4 Å². The number of aldehydes is 1. The maximum atomic E-state index is 10.1. The summed E-state index contributed by atoms with van der Waals surface area (Å²) in [5.74, 6) is 0. The van der Waals surface area contributed by atoms with Crippen molar-refractivity contribution in [1.82, 2.24) is 0 Å². The summed E-state index contributed by atoms with van der Waals surface area (Å²) in [4.78, 5) is 10.1. The van der Waals surface area contributed by atoms with Gasteiger partial charge in [0.05, 0.1) is 6.61 Å². The third kappa shape index (κ3) is 1.27. The van der Waals surface area contributed by atoms with Crippen molar-refractivity contribution in [3.05, 3.63) is 0 Å². The fraction of sp³-hybridized carbons (Fsp3) is 0.800. The smallest absolute Gasteiger partial charge is 0.151 e. The fourth-order valence-electron chi connectivity index (χ4n) is 0.691. The van der Waals surface area contributed by atoms with Crippen molar-refractivity contribution in [2.24, 2.45) is 0 Å². The molecule has 0 bridgehead atoms. The largest absolute Gasteiger partial charge is 0.394 e. The van der Waals surface area contributed by atoms with Crippen molar-refractivity contribution < 1.29 is 19.4 Å². The van der Waals surface area contributed by atoms with E-state index in [2.05, 4.69) is 0 Å². The molecule has 52 valence electrons. The number of hydrogen-bond donors (Lipinski definition) is 1. The second-order valence-electron chi connectivity index (χ2n) is 1.77. The number of rotatable bonds is 2. The number of ether oxygens (including phenoxy) is 2. The Morgan fingerprint density at radius 1 is 1.67 bits per heavy atom. The predicted molar refractivity (Wildman–Crippen MR) is 27.8 cm³/mol. The Kier molecular flexibility index (Phi) is 2.16. The Morgan fingerprint density at radius 3 is 2.89 bits per heavy atom. The van der Waals surface area contributed by atoms with Crippen molar-refractivity contribution in [3.8, 4) is 0 Å². The van der Waals surface area contributed by atoms with Gasteiger partial charge in [0.2, 0.25) is 0 Å². The van der Waals surface area contributed by atoms with Gasteiger partial charge in [0.25, 0.3) is 0 Å². The van der Waals surface area contributed by atoms with Gasteiger partial charge in [0, 0.05) is 0 Å². The molecule has 4 nitrogen and oxygen atoms in total. The zero-order chi connectivity index (χ0) is 6.69. The van der Waals surface area contributed by atoms with Gasteiger partial charge in [-0.1, -0.05) is 0 Å². The lowest BCUT2D eigenvalue weighted by Crippen LogP contribution is -2.27. The molecule has 0 aromatic rings. The van der Waals surface area contributed by atoms with Crippen LogP contribution in [0.3, 0.4) is 0 Å². The van der Waals surface area contributed by atoms with Crippen LogP contribution in [0, 0.1) is 0 Å². The molecule has 0 aliphatic carbocycles. The number of aliphatic hydroxyl groups excluding tert-OH is 1. The quantitative estimate of drug-likeness (QED) is 0.485. The molecule has 1 fully saturated rings. The maximum Gasteiger partial charge on any atom is 0.151 e. The van der Waals surface area contributed by atoms with E-state index < -0.39 is 12.2 Å². The highest BCUT2D eigenvalue weighted by Gasteiger charge is 2.27. The molecule has 0 aromatic carbocycles. The summed E-state index contributed by atoms with van der Waals surface area (Å²) in [6.07, 6.45) is -0.397. The Hall–Kier alpha value is -0.450. The molecule has 1 rings (SSSR count). The van der Waals surface area contributed by atoms with Crippen LogP contribution in [0.4, 0.5) is 0 Å². The molecule has 4 heteroatoms. The molecular formula is C5H8O4. The van der Waals surface area contributed by atoms with Crippen molar-refractivity contribution in [1.29, 1.82) is 0 Å². The molecule has 0 amide bonds. The maximum absolute atomic E-state index is 10.1. The van der Waals surface area contributed by atoms with Crippen LogP contribution in [0.15, 0.2) is 0 Å². The van der Waals surface area contributed by atoms with Crippen LogP contribution in [0.2, 0.25) is 0 Å². The van der Waals surface area contributed by atoms with Crippen molar-refractivity contribution in [3.63, 3.8) is 0 Å². The van der Waals surface area contributed by atoms with E-state index in [0.717, 1.165) is 0 Å². The predicted octanol–water partition coefficient (Wildman–Crippen LogP) is -1.08.